The summed E-state index contributed by atoms with van der Waals surface area (Å²) in [7, 11) is 0. The first kappa shape index (κ1) is 15.9. The molecule has 0 radical (unpaired) electrons. The minimum Gasteiger partial charge on any atom is -0.490 e. The summed E-state index contributed by atoms with van der Waals surface area (Å²) in [6.07, 6.45) is -1.54. The number of ether oxygens (including phenoxy) is 2. The van der Waals surface area contributed by atoms with Gasteiger partial charge in [0.05, 0.1) is 18.8 Å². The van der Waals surface area contributed by atoms with Crippen LogP contribution in [0, 0.1) is 5.82 Å². The lowest BCUT2D eigenvalue weighted by atomic mass is 10.1. The maximum Gasteiger partial charge on any atom is 0.128 e. The van der Waals surface area contributed by atoms with E-state index < -0.39 is 18.0 Å². The zero-order chi connectivity index (χ0) is 14.4. The topological polar surface area (TPSA) is 58.9 Å². The quantitative estimate of drug-likeness (QED) is 0.797. The van der Waals surface area contributed by atoms with E-state index in [1.54, 1.807) is 6.92 Å². The van der Waals surface area contributed by atoms with Gasteiger partial charge in [-0.05, 0) is 32.9 Å². The molecule has 0 fully saturated rings. The molecule has 2 N–H and O–H groups in total. The van der Waals surface area contributed by atoms with E-state index in [4.69, 9.17) is 9.47 Å². The van der Waals surface area contributed by atoms with Crippen LogP contribution in [0.5, 0.6) is 5.75 Å². The van der Waals surface area contributed by atoms with Gasteiger partial charge in [0.25, 0.3) is 0 Å². The molecule has 0 heterocycles. The highest BCUT2D eigenvalue weighted by Crippen LogP contribution is 2.26. The molecule has 2 unspecified atom stereocenters. The maximum absolute atomic E-state index is 13.1. The first-order chi connectivity index (χ1) is 8.90. The van der Waals surface area contributed by atoms with Crippen LogP contribution in [0.15, 0.2) is 18.2 Å². The molecular weight excluding hydrogens is 251 g/mol. The van der Waals surface area contributed by atoms with Crippen LogP contribution in [0.2, 0.25) is 0 Å². The van der Waals surface area contributed by atoms with Crippen molar-refractivity contribution in [3.05, 3.63) is 29.6 Å². The molecule has 2 atom stereocenters. The van der Waals surface area contributed by atoms with Crippen molar-refractivity contribution >= 4 is 0 Å². The molecular formula is C14H21FO4. The SMILES string of the molecule is CC(C)OCC(O)COc1cc(F)ccc1C(C)O. The van der Waals surface area contributed by atoms with E-state index in [1.807, 2.05) is 13.8 Å². The fourth-order valence-corrected chi connectivity index (χ4v) is 1.52. The van der Waals surface area contributed by atoms with Crippen LogP contribution in [0.3, 0.4) is 0 Å². The smallest absolute Gasteiger partial charge is 0.128 e. The zero-order valence-corrected chi connectivity index (χ0v) is 11.5. The van der Waals surface area contributed by atoms with Gasteiger partial charge in [-0.25, -0.2) is 4.39 Å². The van der Waals surface area contributed by atoms with E-state index in [-0.39, 0.29) is 25.1 Å². The molecule has 0 aromatic heterocycles. The minimum atomic E-state index is -0.799. The Morgan fingerprint density at radius 1 is 1.16 bits per heavy atom. The normalized spacial score (nSPS) is 14.5. The maximum atomic E-state index is 13.1. The molecule has 108 valence electrons. The van der Waals surface area contributed by atoms with Crippen LogP contribution < -0.4 is 4.74 Å². The monoisotopic (exact) mass is 272 g/mol. The van der Waals surface area contributed by atoms with Crippen molar-refractivity contribution in [2.75, 3.05) is 13.2 Å². The van der Waals surface area contributed by atoms with Crippen LogP contribution in [0.4, 0.5) is 4.39 Å². The second-order valence-corrected chi connectivity index (χ2v) is 4.71. The Kier molecular flexibility index (Phi) is 6.21. The second-order valence-electron chi connectivity index (χ2n) is 4.71. The molecule has 4 nitrogen and oxygen atoms in total. The van der Waals surface area contributed by atoms with Crippen molar-refractivity contribution < 1.29 is 24.1 Å². The molecule has 0 aliphatic carbocycles. The summed E-state index contributed by atoms with van der Waals surface area (Å²) in [6, 6.07) is 3.91. The van der Waals surface area contributed by atoms with Gasteiger partial charge in [-0.3, -0.25) is 0 Å². The molecule has 0 saturated heterocycles. The summed E-state index contributed by atoms with van der Waals surface area (Å²) >= 11 is 0. The fourth-order valence-electron chi connectivity index (χ4n) is 1.52. The molecule has 0 aliphatic heterocycles. The first-order valence-corrected chi connectivity index (χ1v) is 6.30. The van der Waals surface area contributed by atoms with Gasteiger partial charge in [-0.1, -0.05) is 0 Å². The van der Waals surface area contributed by atoms with Gasteiger partial charge in [-0.15, -0.1) is 0 Å². The van der Waals surface area contributed by atoms with Crippen LogP contribution in [0.1, 0.15) is 32.4 Å². The summed E-state index contributed by atoms with van der Waals surface area (Å²) in [5.41, 5.74) is 0.485. The minimum absolute atomic E-state index is 0.0180. The van der Waals surface area contributed by atoms with Crippen LogP contribution >= 0.6 is 0 Å². The molecule has 0 aliphatic rings. The van der Waals surface area contributed by atoms with E-state index in [2.05, 4.69) is 0 Å². The summed E-state index contributed by atoms with van der Waals surface area (Å²) in [5, 5.41) is 19.2. The Morgan fingerprint density at radius 3 is 2.42 bits per heavy atom. The van der Waals surface area contributed by atoms with E-state index in [0.717, 1.165) is 0 Å². The molecule has 0 saturated carbocycles. The van der Waals surface area contributed by atoms with Crippen molar-refractivity contribution in [1.29, 1.82) is 0 Å². The largest absolute Gasteiger partial charge is 0.490 e. The molecule has 1 rings (SSSR count). The third-order valence-electron chi connectivity index (χ3n) is 2.48. The summed E-state index contributed by atoms with van der Waals surface area (Å²) < 4.78 is 23.7. The number of aliphatic hydroxyl groups is 2. The molecule has 0 amide bonds. The van der Waals surface area contributed by atoms with E-state index in [0.29, 0.717) is 5.56 Å². The van der Waals surface area contributed by atoms with Gasteiger partial charge in [0.2, 0.25) is 0 Å². The average Bonchev–Trinajstić information content (AvgIpc) is 2.33. The second kappa shape index (κ2) is 7.43. The number of hydrogen-bond donors (Lipinski definition) is 2. The Labute approximate surface area is 112 Å². The number of benzene rings is 1. The van der Waals surface area contributed by atoms with Crippen molar-refractivity contribution in [3.63, 3.8) is 0 Å². The molecule has 1 aromatic rings. The predicted octanol–water partition coefficient (Wildman–Crippen LogP) is 2.04. The molecule has 0 bridgehead atoms. The van der Waals surface area contributed by atoms with Gasteiger partial charge in [0.1, 0.15) is 24.3 Å². The Bertz CT molecular complexity index is 393. The van der Waals surface area contributed by atoms with E-state index in [9.17, 15) is 14.6 Å². The molecule has 5 heteroatoms. The standard InChI is InChI=1S/C14H21FO4/c1-9(2)18-7-12(17)8-19-14-6-11(15)4-5-13(14)10(3)16/h4-6,9-10,12,16-17H,7-8H2,1-3H3. The van der Waals surface area contributed by atoms with Gasteiger partial charge >= 0.3 is 0 Å². The predicted molar refractivity (Wildman–Crippen MR) is 69.6 cm³/mol. The van der Waals surface area contributed by atoms with Crippen LogP contribution in [-0.2, 0) is 4.74 Å². The number of aliphatic hydroxyl groups excluding tert-OH is 2. The third kappa shape index (κ3) is 5.55. The molecule has 19 heavy (non-hydrogen) atoms. The summed E-state index contributed by atoms with van der Waals surface area (Å²) in [6.45, 7) is 5.43. The zero-order valence-electron chi connectivity index (χ0n) is 11.5. The number of rotatable bonds is 7. The highest BCUT2D eigenvalue weighted by molar-refractivity contribution is 5.35. The molecule has 0 spiro atoms. The van der Waals surface area contributed by atoms with Crippen LogP contribution in [-0.4, -0.2) is 35.6 Å². The van der Waals surface area contributed by atoms with Crippen molar-refractivity contribution in [3.8, 4) is 5.75 Å². The van der Waals surface area contributed by atoms with Gasteiger partial charge in [-0.2, -0.15) is 0 Å². The number of halogens is 1. The highest BCUT2D eigenvalue weighted by Gasteiger charge is 2.13. The third-order valence-corrected chi connectivity index (χ3v) is 2.48. The summed E-state index contributed by atoms with van der Waals surface area (Å²) in [4.78, 5) is 0. The lowest BCUT2D eigenvalue weighted by Crippen LogP contribution is -2.25. The Morgan fingerprint density at radius 2 is 1.84 bits per heavy atom. The first-order valence-electron chi connectivity index (χ1n) is 6.30. The van der Waals surface area contributed by atoms with Crippen molar-refractivity contribution in [1.82, 2.24) is 0 Å². The average molecular weight is 272 g/mol. The van der Waals surface area contributed by atoms with Crippen molar-refractivity contribution in [2.24, 2.45) is 0 Å². The van der Waals surface area contributed by atoms with Gasteiger partial charge in [0.15, 0.2) is 0 Å². The van der Waals surface area contributed by atoms with Crippen molar-refractivity contribution in [2.45, 2.75) is 39.1 Å². The highest BCUT2D eigenvalue weighted by atomic mass is 19.1. The van der Waals surface area contributed by atoms with Crippen LogP contribution in [0.25, 0.3) is 0 Å². The fraction of sp³-hybridized carbons (Fsp3) is 0.571. The summed E-state index contributed by atoms with van der Waals surface area (Å²) in [5.74, 6) is -0.217. The van der Waals surface area contributed by atoms with E-state index in [1.165, 1.54) is 18.2 Å². The number of hydrogen-bond acceptors (Lipinski definition) is 4. The van der Waals surface area contributed by atoms with E-state index >= 15 is 0 Å². The van der Waals surface area contributed by atoms with Gasteiger partial charge < -0.3 is 19.7 Å². The lowest BCUT2D eigenvalue weighted by molar-refractivity contribution is -0.0127. The molecule has 1 aromatic carbocycles. The van der Waals surface area contributed by atoms with Gasteiger partial charge in [0, 0.05) is 11.6 Å². The lowest BCUT2D eigenvalue weighted by Gasteiger charge is -2.17. The Hall–Kier alpha value is -1.17. The Balaban J connectivity index is 2.59.